The third-order valence-corrected chi connectivity index (χ3v) is 6.64. The molecule has 4 aromatic rings. The summed E-state index contributed by atoms with van der Waals surface area (Å²) < 4.78 is 7.39. The monoisotopic (exact) mass is 447 g/mol. The number of fused-ring (bicyclic) bond motifs is 2. The maximum absolute atomic E-state index is 12.4. The summed E-state index contributed by atoms with van der Waals surface area (Å²) in [5, 5.41) is 16.4. The normalized spacial score (nSPS) is 12.8. The lowest BCUT2D eigenvalue weighted by Crippen LogP contribution is -2.24. The lowest BCUT2D eigenvalue weighted by atomic mass is 10.1. The van der Waals surface area contributed by atoms with Crippen molar-refractivity contribution in [3.8, 4) is 16.3 Å². The molecule has 1 N–H and O–H groups in total. The van der Waals surface area contributed by atoms with Gasteiger partial charge in [-0.25, -0.2) is 0 Å². The molecule has 32 heavy (non-hydrogen) atoms. The van der Waals surface area contributed by atoms with Gasteiger partial charge in [0.05, 0.1) is 16.4 Å². The Balaban J connectivity index is 1.36. The minimum Gasteiger partial charge on any atom is -0.493 e. The number of nitrogens with one attached hydrogen (secondary N) is 1. The average Bonchev–Trinajstić information content (AvgIpc) is 3.53. The first kappa shape index (κ1) is 20.6. The Morgan fingerprint density at radius 2 is 2.09 bits per heavy atom. The van der Waals surface area contributed by atoms with Gasteiger partial charge in [-0.2, -0.15) is 9.61 Å². The fourth-order valence-electron chi connectivity index (χ4n) is 3.77. The molecule has 0 saturated carbocycles. The van der Waals surface area contributed by atoms with Gasteiger partial charge < -0.3 is 10.1 Å². The van der Waals surface area contributed by atoms with Gasteiger partial charge in [0.1, 0.15) is 11.4 Å². The van der Waals surface area contributed by atoms with Crippen molar-refractivity contribution in [3.63, 3.8) is 0 Å². The van der Waals surface area contributed by atoms with Crippen LogP contribution in [-0.2, 0) is 12.8 Å². The minimum absolute atomic E-state index is 0.0337. The highest BCUT2D eigenvalue weighted by Crippen LogP contribution is 2.28. The molecule has 0 bridgehead atoms. The van der Waals surface area contributed by atoms with Crippen LogP contribution in [0, 0.1) is 5.92 Å². The topological polar surface area (TPSA) is 81.4 Å². The number of nitrogens with zero attached hydrogens (tertiary/aromatic N) is 4. The van der Waals surface area contributed by atoms with Crippen LogP contribution >= 0.6 is 11.3 Å². The van der Waals surface area contributed by atoms with Crippen molar-refractivity contribution in [3.05, 3.63) is 64.3 Å². The molecule has 0 atom stereocenters. The maximum atomic E-state index is 12.4. The molecule has 0 fully saturated rings. The molecule has 7 nitrogen and oxygen atoms in total. The number of amides is 1. The number of hydrogen-bond acceptors (Lipinski definition) is 6. The lowest BCUT2D eigenvalue weighted by Gasteiger charge is -2.05. The molecule has 0 unspecified atom stereocenters. The van der Waals surface area contributed by atoms with Crippen molar-refractivity contribution >= 4 is 22.9 Å². The third kappa shape index (κ3) is 4.23. The number of benzene rings is 1. The summed E-state index contributed by atoms with van der Waals surface area (Å²) in [6, 6.07) is 13.9. The van der Waals surface area contributed by atoms with Gasteiger partial charge in [0.25, 0.3) is 5.91 Å². The summed E-state index contributed by atoms with van der Waals surface area (Å²) in [5.74, 6) is 2.28. The van der Waals surface area contributed by atoms with Crippen LogP contribution in [0.5, 0.6) is 5.75 Å². The Kier molecular flexibility index (Phi) is 5.61. The Hall–Kier alpha value is -3.26. The first-order valence-corrected chi connectivity index (χ1v) is 11.7. The zero-order chi connectivity index (χ0) is 22.1. The molecule has 0 radical (unpaired) electrons. The van der Waals surface area contributed by atoms with Crippen LogP contribution in [0.4, 0.5) is 0 Å². The lowest BCUT2D eigenvalue weighted by molar-refractivity contribution is 0.0956. The molecule has 0 saturated heterocycles. The number of rotatable bonds is 7. The maximum Gasteiger partial charge on any atom is 0.261 e. The number of thiophene rings is 1. The van der Waals surface area contributed by atoms with E-state index in [0.717, 1.165) is 47.2 Å². The molecule has 3 aromatic heterocycles. The van der Waals surface area contributed by atoms with E-state index in [4.69, 9.17) is 9.84 Å². The third-order valence-electron chi connectivity index (χ3n) is 5.53. The summed E-state index contributed by atoms with van der Waals surface area (Å²) in [7, 11) is 0. The molecular formula is C24H25N5O2S. The van der Waals surface area contributed by atoms with Crippen molar-refractivity contribution in [2.24, 2.45) is 5.92 Å². The van der Waals surface area contributed by atoms with E-state index < -0.39 is 0 Å². The highest BCUT2D eigenvalue weighted by atomic mass is 32.1. The van der Waals surface area contributed by atoms with Gasteiger partial charge in [-0.05, 0) is 53.8 Å². The number of ether oxygens (including phenoxy) is 1. The van der Waals surface area contributed by atoms with E-state index >= 15 is 0 Å². The molecular weight excluding hydrogens is 422 g/mol. The van der Waals surface area contributed by atoms with Gasteiger partial charge in [0.15, 0.2) is 11.5 Å². The summed E-state index contributed by atoms with van der Waals surface area (Å²) in [4.78, 5) is 14.1. The van der Waals surface area contributed by atoms with E-state index in [1.165, 1.54) is 16.9 Å². The van der Waals surface area contributed by atoms with E-state index in [0.29, 0.717) is 29.4 Å². The van der Waals surface area contributed by atoms with Crippen molar-refractivity contribution in [2.75, 3.05) is 13.2 Å². The molecule has 1 aliphatic heterocycles. The van der Waals surface area contributed by atoms with Gasteiger partial charge in [0.2, 0.25) is 0 Å². The van der Waals surface area contributed by atoms with Crippen LogP contribution in [0.1, 0.15) is 46.9 Å². The predicted octanol–water partition coefficient (Wildman–Crippen LogP) is 4.15. The number of aromatic nitrogens is 4. The van der Waals surface area contributed by atoms with E-state index in [1.54, 1.807) is 4.52 Å². The molecule has 1 aliphatic rings. The summed E-state index contributed by atoms with van der Waals surface area (Å²) >= 11 is 1.44. The van der Waals surface area contributed by atoms with Crippen LogP contribution in [0.2, 0.25) is 0 Å². The van der Waals surface area contributed by atoms with Crippen LogP contribution in [0.25, 0.3) is 16.2 Å². The Morgan fingerprint density at radius 1 is 1.19 bits per heavy atom. The highest BCUT2D eigenvalue weighted by molar-refractivity contribution is 7.17. The van der Waals surface area contributed by atoms with Crippen LogP contribution in [0.15, 0.2) is 42.5 Å². The van der Waals surface area contributed by atoms with Crippen LogP contribution in [0.3, 0.4) is 0 Å². The van der Waals surface area contributed by atoms with Crippen molar-refractivity contribution < 1.29 is 9.53 Å². The molecule has 8 heteroatoms. The molecule has 5 rings (SSSR count). The fraction of sp³-hybridized carbons (Fsp3) is 0.333. The van der Waals surface area contributed by atoms with E-state index in [2.05, 4.69) is 41.5 Å². The highest BCUT2D eigenvalue weighted by Gasteiger charge is 2.16. The summed E-state index contributed by atoms with van der Waals surface area (Å²) in [6.07, 6.45) is 2.55. The largest absolute Gasteiger partial charge is 0.493 e. The molecule has 1 aromatic carbocycles. The smallest absolute Gasteiger partial charge is 0.261 e. The standard InChI is InChI=1S/C24H25N5O2S/c1-15(2)9-11-25-24(30)21-7-6-20(32-21)18-4-8-22-26-27-23(29(22)28-18)14-16-3-5-19-17(13-16)10-12-31-19/h3-8,13,15H,9-12,14H2,1-2H3,(H,25,30). The first-order valence-electron chi connectivity index (χ1n) is 10.9. The predicted molar refractivity (Wildman–Crippen MR) is 124 cm³/mol. The molecule has 164 valence electrons. The van der Waals surface area contributed by atoms with E-state index in [1.807, 2.05) is 30.3 Å². The SMILES string of the molecule is CC(C)CCNC(=O)c1ccc(-c2ccc3nnc(Cc4ccc5c(c4)CCO5)n3n2)s1. The second-order valence-corrected chi connectivity index (χ2v) is 9.51. The second-order valence-electron chi connectivity index (χ2n) is 8.42. The average molecular weight is 448 g/mol. The molecule has 4 heterocycles. The van der Waals surface area contributed by atoms with Gasteiger partial charge in [-0.3, -0.25) is 4.79 Å². The Morgan fingerprint density at radius 3 is 2.97 bits per heavy atom. The number of carbonyl (C=O) groups is 1. The van der Waals surface area contributed by atoms with Crippen molar-refractivity contribution in [1.29, 1.82) is 0 Å². The van der Waals surface area contributed by atoms with Crippen molar-refractivity contribution in [2.45, 2.75) is 33.1 Å². The zero-order valence-electron chi connectivity index (χ0n) is 18.2. The zero-order valence-corrected chi connectivity index (χ0v) is 19.0. The van der Waals surface area contributed by atoms with Crippen LogP contribution < -0.4 is 10.1 Å². The number of hydrogen-bond donors (Lipinski definition) is 1. The van der Waals surface area contributed by atoms with E-state index in [9.17, 15) is 4.79 Å². The van der Waals surface area contributed by atoms with E-state index in [-0.39, 0.29) is 5.91 Å². The Bertz CT molecular complexity index is 1280. The summed E-state index contributed by atoms with van der Waals surface area (Å²) in [5.41, 5.74) is 3.90. The van der Waals surface area contributed by atoms with Gasteiger partial charge in [-0.1, -0.05) is 26.0 Å². The summed E-state index contributed by atoms with van der Waals surface area (Å²) in [6.45, 7) is 5.73. The fourth-order valence-corrected chi connectivity index (χ4v) is 4.65. The Labute approximate surface area is 190 Å². The van der Waals surface area contributed by atoms with Gasteiger partial charge in [-0.15, -0.1) is 21.5 Å². The first-order chi connectivity index (χ1) is 15.6. The van der Waals surface area contributed by atoms with Crippen LogP contribution in [-0.4, -0.2) is 38.9 Å². The minimum atomic E-state index is -0.0337. The molecule has 0 aliphatic carbocycles. The van der Waals surface area contributed by atoms with Gasteiger partial charge >= 0.3 is 0 Å². The second kappa shape index (κ2) is 8.70. The quantitative estimate of drug-likeness (QED) is 0.460. The van der Waals surface area contributed by atoms with Gasteiger partial charge in [0, 0.05) is 19.4 Å². The van der Waals surface area contributed by atoms with Crippen molar-refractivity contribution in [1.82, 2.24) is 25.1 Å². The molecule has 1 amide bonds. The molecule has 0 spiro atoms. The number of carbonyl (C=O) groups excluding carboxylic acids is 1.